The number of nitrogens with zero attached hydrogens (tertiary/aromatic N) is 4. The van der Waals surface area contributed by atoms with E-state index in [1.54, 1.807) is 12.4 Å². The van der Waals surface area contributed by atoms with Gasteiger partial charge in [-0.25, -0.2) is 9.97 Å². The van der Waals surface area contributed by atoms with Crippen LogP contribution in [0.25, 0.3) is 0 Å². The molecule has 4 heterocycles. The average molecular weight is 454 g/mol. The molecule has 2 aliphatic rings. The summed E-state index contributed by atoms with van der Waals surface area (Å²) in [5.41, 5.74) is 14.8. The van der Waals surface area contributed by atoms with Crippen molar-refractivity contribution in [3.63, 3.8) is 0 Å². The molecule has 0 saturated carbocycles. The summed E-state index contributed by atoms with van der Waals surface area (Å²) in [6.07, 6.45) is 8.95. The quantitative estimate of drug-likeness (QED) is 0.474. The Kier molecular flexibility index (Phi) is 9.60. The average Bonchev–Trinajstić information content (AvgIpc) is 2.82. The van der Waals surface area contributed by atoms with Gasteiger partial charge < -0.3 is 26.9 Å². The van der Waals surface area contributed by atoms with E-state index in [4.69, 9.17) is 22.0 Å². The molecular weight excluding hydrogens is 414 g/mol. The van der Waals surface area contributed by atoms with Crippen LogP contribution in [0.15, 0.2) is 36.7 Å². The zero-order valence-corrected chi connectivity index (χ0v) is 19.8. The summed E-state index contributed by atoms with van der Waals surface area (Å²) in [5.74, 6) is 2.33. The zero-order chi connectivity index (χ0) is 23.6. The van der Waals surface area contributed by atoms with E-state index in [0.29, 0.717) is 24.0 Å². The van der Waals surface area contributed by atoms with Crippen molar-refractivity contribution in [2.24, 2.45) is 11.8 Å². The summed E-state index contributed by atoms with van der Waals surface area (Å²) in [4.78, 5) is 13.3. The number of pyridine rings is 2. The van der Waals surface area contributed by atoms with Crippen molar-refractivity contribution < 1.29 is 5.11 Å². The van der Waals surface area contributed by atoms with Gasteiger partial charge in [-0.2, -0.15) is 0 Å². The molecule has 0 radical (unpaired) electrons. The second-order valence-corrected chi connectivity index (χ2v) is 9.17. The highest BCUT2D eigenvalue weighted by Crippen LogP contribution is 2.25. The van der Waals surface area contributed by atoms with Crippen LogP contribution < -0.4 is 11.5 Å². The molecule has 0 spiro atoms. The lowest BCUT2D eigenvalue weighted by Crippen LogP contribution is -2.42. The Morgan fingerprint density at radius 3 is 2.06 bits per heavy atom. The van der Waals surface area contributed by atoms with Gasteiger partial charge >= 0.3 is 0 Å². The fourth-order valence-corrected chi connectivity index (χ4v) is 4.98. The van der Waals surface area contributed by atoms with Gasteiger partial charge in [-0.15, -0.1) is 0 Å². The van der Waals surface area contributed by atoms with Gasteiger partial charge in [-0.05, 0) is 99.1 Å². The number of nitrogen functional groups attached to an aromatic ring is 2. The second kappa shape index (κ2) is 12.6. The lowest BCUT2D eigenvalue weighted by Gasteiger charge is -2.38. The molecule has 0 amide bonds. The Bertz CT molecular complexity index is 875. The third-order valence-electron chi connectivity index (χ3n) is 6.80. The monoisotopic (exact) mass is 453 g/mol. The summed E-state index contributed by atoms with van der Waals surface area (Å²) in [6, 6.07) is 7.90. The molecule has 2 fully saturated rings. The summed E-state index contributed by atoms with van der Waals surface area (Å²) in [7, 11) is 1.00. The van der Waals surface area contributed by atoms with Crippen molar-refractivity contribution >= 4 is 17.3 Å². The van der Waals surface area contributed by atoms with E-state index in [1.165, 1.54) is 24.9 Å². The van der Waals surface area contributed by atoms with Crippen molar-refractivity contribution in [3.8, 4) is 0 Å². The molecular formula is C25H39N7O. The fourth-order valence-electron chi connectivity index (χ4n) is 4.98. The molecule has 0 aliphatic carbocycles. The number of likely N-dealkylation sites (tertiary alicyclic amines) is 2. The number of rotatable bonds is 7. The molecule has 4 rings (SSSR count). The van der Waals surface area contributed by atoms with E-state index in [-0.39, 0.29) is 0 Å². The standard InChI is InChI=1S/C24H35N7.CH4O/c25-22(13-19-1-7-28-23(26)14-19)21-5-11-31(12-6-21)16-18-3-9-30(10-4-18)17-20-2-8-29-24(27)15-20;1-2/h1-2,7-8,14-15,18,21,25H,3-6,9-13,16-17H2,(H2,26,28)(H2,27,29);2H,1H3. The number of hydrogen-bond donors (Lipinski definition) is 4. The maximum Gasteiger partial charge on any atom is 0.123 e. The number of aliphatic hydroxyl groups is 1. The van der Waals surface area contributed by atoms with Gasteiger partial charge in [0.25, 0.3) is 0 Å². The first-order chi connectivity index (χ1) is 16.0. The van der Waals surface area contributed by atoms with Crippen LogP contribution in [0.1, 0.15) is 36.8 Å². The number of nitrogens with one attached hydrogen (secondary N) is 1. The molecule has 33 heavy (non-hydrogen) atoms. The molecule has 2 aromatic heterocycles. The number of anilines is 2. The van der Waals surface area contributed by atoms with Gasteiger partial charge in [0.2, 0.25) is 0 Å². The minimum atomic E-state index is 0.403. The molecule has 8 nitrogen and oxygen atoms in total. The van der Waals surface area contributed by atoms with Crippen molar-refractivity contribution in [1.29, 1.82) is 5.41 Å². The lowest BCUT2D eigenvalue weighted by molar-refractivity contribution is 0.122. The maximum absolute atomic E-state index is 8.54. The zero-order valence-electron chi connectivity index (χ0n) is 19.8. The maximum atomic E-state index is 8.54. The third kappa shape index (κ3) is 7.77. The van der Waals surface area contributed by atoms with Crippen molar-refractivity contribution in [1.82, 2.24) is 19.8 Å². The highest BCUT2D eigenvalue weighted by atomic mass is 16.2. The molecule has 2 aliphatic heterocycles. The van der Waals surface area contributed by atoms with Gasteiger partial charge in [0.15, 0.2) is 0 Å². The number of aliphatic hydroxyl groups excluding tert-OH is 1. The van der Waals surface area contributed by atoms with Gasteiger partial charge in [-0.1, -0.05) is 0 Å². The van der Waals surface area contributed by atoms with Crippen LogP contribution in [0.2, 0.25) is 0 Å². The van der Waals surface area contributed by atoms with Crippen LogP contribution in [-0.2, 0) is 13.0 Å². The smallest absolute Gasteiger partial charge is 0.123 e. The number of aromatic nitrogens is 2. The first-order valence-electron chi connectivity index (χ1n) is 11.9. The number of nitrogens with two attached hydrogens (primary N) is 2. The molecule has 6 N–H and O–H groups in total. The number of hydrogen-bond acceptors (Lipinski definition) is 8. The van der Waals surface area contributed by atoms with Crippen LogP contribution in [0.3, 0.4) is 0 Å². The van der Waals surface area contributed by atoms with Crippen molar-refractivity contribution in [2.75, 3.05) is 51.3 Å². The Labute approximate surface area is 197 Å². The van der Waals surface area contributed by atoms with Crippen LogP contribution in [0.5, 0.6) is 0 Å². The van der Waals surface area contributed by atoms with E-state index in [9.17, 15) is 0 Å². The largest absolute Gasteiger partial charge is 0.400 e. The molecule has 0 aromatic carbocycles. The minimum Gasteiger partial charge on any atom is -0.400 e. The number of piperidine rings is 2. The highest BCUT2D eigenvalue weighted by molar-refractivity contribution is 5.86. The Morgan fingerprint density at radius 2 is 1.45 bits per heavy atom. The Hall–Kier alpha value is -2.55. The SMILES string of the molecule is CO.N=C(Cc1ccnc(N)c1)C1CCN(CC2CCN(Cc3ccnc(N)c3)CC2)CC1. The van der Waals surface area contributed by atoms with Crippen LogP contribution in [0.4, 0.5) is 11.6 Å². The van der Waals surface area contributed by atoms with Crippen LogP contribution in [-0.4, -0.2) is 70.4 Å². The van der Waals surface area contributed by atoms with E-state index in [1.807, 2.05) is 18.2 Å². The molecule has 8 heteroatoms. The normalized spacial score (nSPS) is 18.5. The van der Waals surface area contributed by atoms with Gasteiger partial charge in [0, 0.05) is 44.7 Å². The molecule has 0 unspecified atom stereocenters. The minimum absolute atomic E-state index is 0.403. The van der Waals surface area contributed by atoms with E-state index in [2.05, 4.69) is 25.8 Å². The predicted octanol–water partition coefficient (Wildman–Crippen LogP) is 2.44. The molecule has 0 atom stereocenters. The van der Waals surface area contributed by atoms with Crippen molar-refractivity contribution in [2.45, 2.75) is 38.6 Å². The fraction of sp³-hybridized carbons (Fsp3) is 0.560. The Balaban J connectivity index is 0.00000149. The summed E-state index contributed by atoms with van der Waals surface area (Å²) >= 11 is 0. The predicted molar refractivity (Wildman–Crippen MR) is 134 cm³/mol. The lowest BCUT2D eigenvalue weighted by atomic mass is 9.87. The van der Waals surface area contributed by atoms with Gasteiger partial charge in [0.1, 0.15) is 11.6 Å². The van der Waals surface area contributed by atoms with E-state index in [0.717, 1.165) is 69.9 Å². The van der Waals surface area contributed by atoms with E-state index < -0.39 is 0 Å². The topological polar surface area (TPSA) is 128 Å². The molecule has 2 saturated heterocycles. The molecule has 180 valence electrons. The van der Waals surface area contributed by atoms with E-state index >= 15 is 0 Å². The van der Waals surface area contributed by atoms with Crippen LogP contribution in [0, 0.1) is 17.2 Å². The first kappa shape index (κ1) is 25.1. The molecule has 2 aromatic rings. The first-order valence-corrected chi connectivity index (χ1v) is 11.9. The van der Waals surface area contributed by atoms with Crippen molar-refractivity contribution in [3.05, 3.63) is 47.8 Å². The van der Waals surface area contributed by atoms with Gasteiger partial charge in [0.05, 0.1) is 0 Å². The van der Waals surface area contributed by atoms with Gasteiger partial charge in [-0.3, -0.25) is 4.90 Å². The summed E-state index contributed by atoms with van der Waals surface area (Å²) < 4.78 is 0. The third-order valence-corrected chi connectivity index (χ3v) is 6.80. The van der Waals surface area contributed by atoms with Crippen LogP contribution >= 0.6 is 0 Å². The summed E-state index contributed by atoms with van der Waals surface area (Å²) in [5, 5.41) is 15.5. The molecule has 0 bridgehead atoms. The Morgan fingerprint density at radius 1 is 0.909 bits per heavy atom. The highest BCUT2D eigenvalue weighted by Gasteiger charge is 2.26. The second-order valence-electron chi connectivity index (χ2n) is 9.17. The summed E-state index contributed by atoms with van der Waals surface area (Å²) in [6.45, 7) is 6.71.